The summed E-state index contributed by atoms with van der Waals surface area (Å²) in [5, 5.41) is 0.736. The van der Waals surface area contributed by atoms with Crippen LogP contribution >= 0.6 is 23.4 Å². The SMILES string of the molecule is C/C=C\C(=C/C)CCN1CCC(Sc2ccc(OCOC)c(N3C4CCC3CN(C(=O)c3ccc(F)cc3Cl)C4)c2)CC1. The molecule has 0 aromatic heterocycles. The normalized spacial score (nSPS) is 21.7. The molecule has 3 aliphatic heterocycles. The molecule has 43 heavy (non-hydrogen) atoms. The zero-order valence-electron chi connectivity index (χ0n) is 25.4. The number of allylic oxidation sites excluding steroid dienone is 3. The minimum atomic E-state index is -0.443. The number of ether oxygens (including phenoxy) is 2. The Morgan fingerprint density at radius 3 is 2.47 bits per heavy atom. The molecule has 3 heterocycles. The Kier molecular flexibility index (Phi) is 11.1. The third-order valence-electron chi connectivity index (χ3n) is 8.78. The lowest BCUT2D eigenvalue weighted by molar-refractivity contribution is 0.0511. The lowest BCUT2D eigenvalue weighted by Gasteiger charge is -2.43. The Labute approximate surface area is 264 Å². The molecule has 9 heteroatoms. The molecule has 232 valence electrons. The Morgan fingerprint density at radius 1 is 1.07 bits per heavy atom. The van der Waals surface area contributed by atoms with Crippen LogP contribution in [0.4, 0.5) is 10.1 Å². The number of amides is 1. The van der Waals surface area contributed by atoms with Gasteiger partial charge in [-0.05, 0) is 95.4 Å². The van der Waals surface area contributed by atoms with Gasteiger partial charge in [-0.1, -0.05) is 35.4 Å². The molecule has 0 saturated carbocycles. The smallest absolute Gasteiger partial charge is 0.255 e. The first kappa shape index (κ1) is 31.9. The average Bonchev–Trinajstić information content (AvgIpc) is 3.27. The fraction of sp³-hybridized carbons (Fsp3) is 0.500. The van der Waals surface area contributed by atoms with Crippen LogP contribution in [0.3, 0.4) is 0 Å². The van der Waals surface area contributed by atoms with Crippen LogP contribution in [-0.4, -0.2) is 79.7 Å². The van der Waals surface area contributed by atoms with Crippen molar-refractivity contribution in [3.05, 3.63) is 76.6 Å². The van der Waals surface area contributed by atoms with Crippen molar-refractivity contribution in [2.75, 3.05) is 51.5 Å². The highest BCUT2D eigenvalue weighted by atomic mass is 35.5. The van der Waals surface area contributed by atoms with Crippen LogP contribution in [0, 0.1) is 5.82 Å². The summed E-state index contributed by atoms with van der Waals surface area (Å²) in [6.07, 6.45) is 12.0. The van der Waals surface area contributed by atoms with E-state index in [0.717, 1.165) is 50.3 Å². The Bertz CT molecular complexity index is 1320. The summed E-state index contributed by atoms with van der Waals surface area (Å²) in [7, 11) is 1.63. The summed E-state index contributed by atoms with van der Waals surface area (Å²) < 4.78 is 24.9. The van der Waals surface area contributed by atoms with E-state index in [0.29, 0.717) is 23.9 Å². The van der Waals surface area contributed by atoms with E-state index in [9.17, 15) is 9.18 Å². The quantitative estimate of drug-likeness (QED) is 0.191. The molecular formula is C34H43ClFN3O3S. The van der Waals surface area contributed by atoms with Crippen LogP contribution < -0.4 is 9.64 Å². The Hall–Kier alpha value is -2.52. The molecule has 0 aliphatic carbocycles. The van der Waals surface area contributed by atoms with Crippen LogP contribution in [-0.2, 0) is 4.74 Å². The number of fused-ring (bicyclic) bond motifs is 2. The highest BCUT2D eigenvalue weighted by molar-refractivity contribution is 8.00. The van der Waals surface area contributed by atoms with Crippen molar-refractivity contribution in [3.8, 4) is 5.75 Å². The summed E-state index contributed by atoms with van der Waals surface area (Å²) in [5.74, 6) is 0.221. The van der Waals surface area contributed by atoms with Gasteiger partial charge in [0.15, 0.2) is 6.79 Å². The molecule has 6 nitrogen and oxygen atoms in total. The van der Waals surface area contributed by atoms with Gasteiger partial charge in [0.2, 0.25) is 0 Å². The molecule has 1 amide bonds. The molecular weight excluding hydrogens is 585 g/mol. The summed E-state index contributed by atoms with van der Waals surface area (Å²) in [6.45, 7) is 8.92. The minimum absolute atomic E-state index is 0.142. The van der Waals surface area contributed by atoms with E-state index in [1.807, 2.05) is 16.7 Å². The van der Waals surface area contributed by atoms with Crippen molar-refractivity contribution >= 4 is 35.0 Å². The number of nitrogens with zero attached hydrogens (tertiary/aromatic N) is 3. The molecule has 0 radical (unpaired) electrons. The van der Waals surface area contributed by atoms with Crippen molar-refractivity contribution in [2.45, 2.75) is 68.2 Å². The van der Waals surface area contributed by atoms with Crippen LogP contribution in [0.25, 0.3) is 0 Å². The summed E-state index contributed by atoms with van der Waals surface area (Å²) in [5.41, 5.74) is 2.83. The second-order valence-corrected chi connectivity index (χ2v) is 13.4. The zero-order valence-corrected chi connectivity index (χ0v) is 27.0. The van der Waals surface area contributed by atoms with E-state index < -0.39 is 5.82 Å². The van der Waals surface area contributed by atoms with Crippen LogP contribution in [0.5, 0.6) is 5.75 Å². The first-order valence-corrected chi connectivity index (χ1v) is 16.6. The van der Waals surface area contributed by atoms with E-state index in [1.54, 1.807) is 7.11 Å². The maximum absolute atomic E-state index is 13.6. The average molecular weight is 628 g/mol. The van der Waals surface area contributed by atoms with Gasteiger partial charge in [0, 0.05) is 49.0 Å². The maximum Gasteiger partial charge on any atom is 0.255 e. The number of hydrogen-bond donors (Lipinski definition) is 0. The van der Waals surface area contributed by atoms with Gasteiger partial charge in [0.05, 0.1) is 16.3 Å². The number of piperazine rings is 1. The molecule has 3 fully saturated rings. The molecule has 2 bridgehead atoms. The van der Waals surface area contributed by atoms with Crippen molar-refractivity contribution in [3.63, 3.8) is 0 Å². The molecule has 5 rings (SSSR count). The highest BCUT2D eigenvalue weighted by Crippen LogP contribution is 2.43. The lowest BCUT2D eigenvalue weighted by atomic mass is 10.1. The lowest BCUT2D eigenvalue weighted by Crippen LogP contribution is -2.55. The van der Waals surface area contributed by atoms with Gasteiger partial charge in [-0.3, -0.25) is 4.79 Å². The van der Waals surface area contributed by atoms with Gasteiger partial charge in [0.1, 0.15) is 11.6 Å². The fourth-order valence-corrected chi connectivity index (χ4v) is 7.99. The fourth-order valence-electron chi connectivity index (χ4n) is 6.58. The Balaban J connectivity index is 1.25. The van der Waals surface area contributed by atoms with E-state index in [1.165, 1.54) is 41.5 Å². The summed E-state index contributed by atoms with van der Waals surface area (Å²) in [6, 6.07) is 10.8. The number of anilines is 1. The standard InChI is InChI=1S/C34H43ClFN3O3S/c1-4-6-24(5-2)13-16-37-17-14-28(15-18-37)43-29-10-12-33(42-23-41-3)32(20-29)39-26-8-9-27(39)22-38(21-26)34(40)30-11-7-25(36)19-31(30)35/h4-7,10-12,19-20,26-28H,8-9,13-18,21-23H2,1-3H3/b6-4-,24-5+. The predicted molar refractivity (Wildman–Crippen MR) is 174 cm³/mol. The molecule has 3 aliphatic rings. The number of thioether (sulfide) groups is 1. The molecule has 0 spiro atoms. The van der Waals surface area contributed by atoms with Crippen molar-refractivity contribution < 1.29 is 18.7 Å². The van der Waals surface area contributed by atoms with E-state index in [2.05, 4.69) is 60.1 Å². The first-order valence-electron chi connectivity index (χ1n) is 15.4. The molecule has 2 aromatic rings. The number of halogens is 2. The second-order valence-electron chi connectivity index (χ2n) is 11.6. The zero-order chi connectivity index (χ0) is 30.3. The van der Waals surface area contributed by atoms with Gasteiger partial charge >= 0.3 is 0 Å². The summed E-state index contributed by atoms with van der Waals surface area (Å²) >= 11 is 8.21. The van der Waals surface area contributed by atoms with Gasteiger partial charge in [-0.25, -0.2) is 4.39 Å². The van der Waals surface area contributed by atoms with Crippen LogP contribution in [0.1, 0.15) is 56.3 Å². The number of hydrogen-bond acceptors (Lipinski definition) is 6. The molecule has 3 saturated heterocycles. The van der Waals surface area contributed by atoms with Gasteiger partial charge in [0.25, 0.3) is 5.91 Å². The monoisotopic (exact) mass is 627 g/mol. The molecule has 2 unspecified atom stereocenters. The van der Waals surface area contributed by atoms with Crippen molar-refractivity contribution in [1.29, 1.82) is 0 Å². The van der Waals surface area contributed by atoms with Crippen LogP contribution in [0.2, 0.25) is 5.02 Å². The maximum atomic E-state index is 13.6. The number of piperidine rings is 1. The predicted octanol–water partition coefficient (Wildman–Crippen LogP) is 7.42. The summed E-state index contributed by atoms with van der Waals surface area (Å²) in [4.78, 5) is 21.5. The van der Waals surface area contributed by atoms with Gasteiger partial charge < -0.3 is 24.2 Å². The van der Waals surface area contributed by atoms with Crippen molar-refractivity contribution in [1.82, 2.24) is 9.80 Å². The number of carbonyl (C=O) groups is 1. The van der Waals surface area contributed by atoms with E-state index >= 15 is 0 Å². The molecule has 2 atom stereocenters. The number of rotatable bonds is 11. The number of methoxy groups -OCH3 is 1. The largest absolute Gasteiger partial charge is 0.465 e. The van der Waals surface area contributed by atoms with Gasteiger partial charge in [-0.15, -0.1) is 11.8 Å². The molecule has 2 aromatic carbocycles. The minimum Gasteiger partial charge on any atom is -0.465 e. The third kappa shape index (κ3) is 7.77. The van der Waals surface area contributed by atoms with Crippen LogP contribution in [0.15, 0.2) is 65.1 Å². The van der Waals surface area contributed by atoms with E-state index in [4.69, 9.17) is 21.1 Å². The molecule has 0 N–H and O–H groups in total. The second kappa shape index (κ2) is 15.0. The topological polar surface area (TPSA) is 45.3 Å². The number of carbonyl (C=O) groups excluding carboxylic acids is 1. The van der Waals surface area contributed by atoms with E-state index in [-0.39, 0.29) is 29.8 Å². The highest BCUT2D eigenvalue weighted by Gasteiger charge is 2.43. The first-order chi connectivity index (χ1) is 20.9. The number of benzene rings is 2. The third-order valence-corrected chi connectivity index (χ3v) is 10.4. The van der Waals surface area contributed by atoms with Gasteiger partial charge in [-0.2, -0.15) is 0 Å². The van der Waals surface area contributed by atoms with Crippen molar-refractivity contribution in [2.24, 2.45) is 0 Å². The Morgan fingerprint density at radius 2 is 1.81 bits per heavy atom. The number of likely N-dealkylation sites (tertiary alicyclic amines) is 2.